The van der Waals surface area contributed by atoms with Crippen molar-refractivity contribution in [3.63, 3.8) is 0 Å². The van der Waals surface area contributed by atoms with Gasteiger partial charge in [0.05, 0.1) is 5.69 Å². The van der Waals surface area contributed by atoms with Crippen molar-refractivity contribution in [1.82, 2.24) is 19.8 Å². The molecule has 1 unspecified atom stereocenters. The van der Waals surface area contributed by atoms with E-state index in [2.05, 4.69) is 63.5 Å². The Morgan fingerprint density at radius 3 is 2.50 bits per heavy atom. The van der Waals surface area contributed by atoms with Crippen LogP contribution in [0.2, 0.25) is 0 Å². The van der Waals surface area contributed by atoms with E-state index >= 15 is 0 Å². The number of nitrogens with zero attached hydrogens (tertiary/aromatic N) is 4. The Kier molecular flexibility index (Phi) is 8.14. The van der Waals surface area contributed by atoms with E-state index in [9.17, 15) is 0 Å². The monoisotopic (exact) mass is 458 g/mol. The average molecular weight is 459 g/mol. The Labute approximate surface area is 204 Å². The maximum atomic E-state index is 5.91. The molecule has 34 heavy (non-hydrogen) atoms. The highest BCUT2D eigenvalue weighted by atomic mass is 15.2. The second-order valence-electron chi connectivity index (χ2n) is 9.00. The molecule has 6 heteroatoms. The van der Waals surface area contributed by atoms with E-state index < -0.39 is 0 Å². The third-order valence-electron chi connectivity index (χ3n) is 6.75. The smallest absolute Gasteiger partial charge is 0.223 e. The SMILES string of the molecule is CC.CN1CCN(CCCNc2ncc3c(n2)-c2ccccc2C(c2ccc(N)cc2)C3)CC1. The molecule has 0 amide bonds. The summed E-state index contributed by atoms with van der Waals surface area (Å²) in [6, 6.07) is 16.9. The van der Waals surface area contributed by atoms with Crippen LogP contribution in [0.4, 0.5) is 11.6 Å². The van der Waals surface area contributed by atoms with Crippen LogP contribution in [0.25, 0.3) is 11.3 Å². The van der Waals surface area contributed by atoms with E-state index in [0.717, 1.165) is 69.4 Å². The number of fused-ring (bicyclic) bond motifs is 3. The van der Waals surface area contributed by atoms with E-state index in [-0.39, 0.29) is 0 Å². The van der Waals surface area contributed by atoms with Crippen LogP contribution in [0.3, 0.4) is 0 Å². The predicted octanol–water partition coefficient (Wildman–Crippen LogP) is 4.49. The minimum Gasteiger partial charge on any atom is -0.399 e. The topological polar surface area (TPSA) is 70.3 Å². The number of piperazine rings is 1. The van der Waals surface area contributed by atoms with Gasteiger partial charge in [-0.15, -0.1) is 0 Å². The summed E-state index contributed by atoms with van der Waals surface area (Å²) in [5, 5.41) is 3.45. The maximum absolute atomic E-state index is 5.91. The molecule has 1 aliphatic carbocycles. The molecule has 0 spiro atoms. The zero-order chi connectivity index (χ0) is 23.9. The Morgan fingerprint density at radius 2 is 1.74 bits per heavy atom. The summed E-state index contributed by atoms with van der Waals surface area (Å²) in [4.78, 5) is 14.5. The molecule has 2 heterocycles. The number of hydrogen-bond acceptors (Lipinski definition) is 6. The van der Waals surface area contributed by atoms with Gasteiger partial charge in [0.2, 0.25) is 5.95 Å². The van der Waals surface area contributed by atoms with Crippen LogP contribution in [0.5, 0.6) is 0 Å². The predicted molar refractivity (Wildman–Crippen MR) is 142 cm³/mol. The van der Waals surface area contributed by atoms with E-state index in [0.29, 0.717) is 5.92 Å². The largest absolute Gasteiger partial charge is 0.399 e. The molecule has 0 saturated carbocycles. The van der Waals surface area contributed by atoms with E-state index in [1.807, 2.05) is 32.2 Å². The molecule has 1 aliphatic heterocycles. The maximum Gasteiger partial charge on any atom is 0.223 e. The number of nitrogen functional groups attached to an aromatic ring is 1. The van der Waals surface area contributed by atoms with Crippen LogP contribution >= 0.6 is 0 Å². The first-order valence-electron chi connectivity index (χ1n) is 12.6. The highest BCUT2D eigenvalue weighted by Crippen LogP contribution is 2.41. The molecule has 1 fully saturated rings. The van der Waals surface area contributed by atoms with Gasteiger partial charge in [-0.2, -0.15) is 0 Å². The number of anilines is 2. The number of nitrogens with two attached hydrogens (primary N) is 1. The lowest BCUT2D eigenvalue weighted by Crippen LogP contribution is -2.44. The Bertz CT molecular complexity index is 1060. The second kappa shape index (κ2) is 11.4. The minimum absolute atomic E-state index is 0.297. The van der Waals surface area contributed by atoms with Gasteiger partial charge < -0.3 is 20.9 Å². The van der Waals surface area contributed by atoms with Crippen LogP contribution in [0.1, 0.15) is 42.9 Å². The second-order valence-corrected chi connectivity index (χ2v) is 9.00. The van der Waals surface area contributed by atoms with Gasteiger partial charge in [0.15, 0.2) is 0 Å². The van der Waals surface area contributed by atoms with Gasteiger partial charge in [-0.3, -0.25) is 0 Å². The van der Waals surface area contributed by atoms with Crippen LogP contribution in [-0.2, 0) is 6.42 Å². The van der Waals surface area contributed by atoms with E-state index in [4.69, 9.17) is 10.7 Å². The van der Waals surface area contributed by atoms with Crippen molar-refractivity contribution in [3.05, 3.63) is 71.4 Å². The third-order valence-corrected chi connectivity index (χ3v) is 6.75. The number of benzene rings is 2. The number of rotatable bonds is 6. The Balaban J connectivity index is 0.00000133. The lowest BCUT2D eigenvalue weighted by Gasteiger charge is -2.32. The molecule has 3 aromatic rings. The van der Waals surface area contributed by atoms with Gasteiger partial charge in [0.1, 0.15) is 0 Å². The fourth-order valence-electron chi connectivity index (χ4n) is 4.82. The lowest BCUT2D eigenvalue weighted by atomic mass is 9.78. The fourth-order valence-corrected chi connectivity index (χ4v) is 4.82. The number of nitrogens with one attached hydrogen (secondary N) is 1. The normalized spacial score (nSPS) is 17.8. The van der Waals surface area contributed by atoms with Crippen molar-refractivity contribution in [2.75, 3.05) is 57.4 Å². The van der Waals surface area contributed by atoms with Gasteiger partial charge in [0.25, 0.3) is 0 Å². The van der Waals surface area contributed by atoms with Crippen LogP contribution in [-0.4, -0.2) is 66.1 Å². The van der Waals surface area contributed by atoms with Crippen molar-refractivity contribution in [3.8, 4) is 11.3 Å². The van der Waals surface area contributed by atoms with Gasteiger partial charge in [0, 0.05) is 56.1 Å². The molecule has 6 nitrogen and oxygen atoms in total. The van der Waals surface area contributed by atoms with Crippen LogP contribution in [0, 0.1) is 0 Å². The average Bonchev–Trinajstić information content (AvgIpc) is 2.89. The van der Waals surface area contributed by atoms with E-state index in [1.165, 1.54) is 22.3 Å². The number of hydrogen-bond donors (Lipinski definition) is 2. The summed E-state index contributed by atoms with van der Waals surface area (Å²) < 4.78 is 0. The minimum atomic E-state index is 0.297. The zero-order valence-corrected chi connectivity index (χ0v) is 20.8. The van der Waals surface area contributed by atoms with Crippen molar-refractivity contribution in [2.24, 2.45) is 0 Å². The van der Waals surface area contributed by atoms with Gasteiger partial charge in [-0.25, -0.2) is 9.97 Å². The van der Waals surface area contributed by atoms with Gasteiger partial charge in [-0.05, 0) is 55.3 Å². The molecule has 2 aliphatic rings. The molecular formula is C28H38N6. The molecule has 5 rings (SSSR count). The summed E-state index contributed by atoms with van der Waals surface area (Å²) in [6.45, 7) is 10.7. The molecule has 180 valence electrons. The summed E-state index contributed by atoms with van der Waals surface area (Å²) in [6.07, 6.45) is 4.01. The highest BCUT2D eigenvalue weighted by Gasteiger charge is 2.27. The van der Waals surface area contributed by atoms with Gasteiger partial charge in [-0.1, -0.05) is 50.2 Å². The fraction of sp³-hybridized carbons (Fsp3) is 0.429. The van der Waals surface area contributed by atoms with Crippen molar-refractivity contribution >= 4 is 11.6 Å². The molecule has 3 N–H and O–H groups in total. The Hall–Kier alpha value is -2.96. The van der Waals surface area contributed by atoms with Crippen molar-refractivity contribution in [2.45, 2.75) is 32.6 Å². The molecule has 1 aromatic heterocycles. The summed E-state index contributed by atoms with van der Waals surface area (Å²) in [5.41, 5.74) is 12.8. The Morgan fingerprint density at radius 1 is 1.00 bits per heavy atom. The molecule has 2 aromatic carbocycles. The van der Waals surface area contributed by atoms with Crippen LogP contribution in [0.15, 0.2) is 54.7 Å². The van der Waals surface area contributed by atoms with Crippen molar-refractivity contribution in [1.29, 1.82) is 0 Å². The summed E-state index contributed by atoms with van der Waals surface area (Å²) in [7, 11) is 2.20. The first-order chi connectivity index (χ1) is 16.7. The van der Waals surface area contributed by atoms with Crippen molar-refractivity contribution < 1.29 is 0 Å². The molecule has 0 bridgehead atoms. The van der Waals surface area contributed by atoms with E-state index in [1.54, 1.807) is 0 Å². The molecular weight excluding hydrogens is 420 g/mol. The first kappa shape index (κ1) is 24.2. The quantitative estimate of drug-likeness (QED) is 0.419. The molecule has 0 radical (unpaired) electrons. The third kappa shape index (κ3) is 5.57. The molecule has 1 atom stereocenters. The summed E-state index contributed by atoms with van der Waals surface area (Å²) >= 11 is 0. The first-order valence-corrected chi connectivity index (χ1v) is 12.6. The molecule has 1 saturated heterocycles. The number of aromatic nitrogens is 2. The highest BCUT2D eigenvalue weighted by molar-refractivity contribution is 5.72. The lowest BCUT2D eigenvalue weighted by molar-refractivity contribution is 0.154. The zero-order valence-electron chi connectivity index (χ0n) is 20.8. The number of likely N-dealkylation sites (N-methyl/N-ethyl adjacent to an activating group) is 1. The van der Waals surface area contributed by atoms with Crippen LogP contribution < -0.4 is 11.1 Å². The van der Waals surface area contributed by atoms with Gasteiger partial charge >= 0.3 is 0 Å². The standard InChI is InChI=1S/C26H32N6.C2H6/c1-31-13-15-32(16-14-31)12-4-11-28-26-29-18-20-17-24(19-7-9-21(27)10-8-19)22-5-2-3-6-23(22)25(20)30-26;1-2/h2-3,5-10,18,24H,4,11-17,27H2,1H3,(H,28,29,30);1-2H3. The summed E-state index contributed by atoms with van der Waals surface area (Å²) in [5.74, 6) is 1.02.